The monoisotopic (exact) mass is 245 g/mol. The summed E-state index contributed by atoms with van der Waals surface area (Å²) >= 11 is 0. The van der Waals surface area contributed by atoms with Gasteiger partial charge >= 0.3 is 0 Å². The van der Waals surface area contributed by atoms with Crippen LogP contribution in [-0.4, -0.2) is 45.5 Å². The highest BCUT2D eigenvalue weighted by Gasteiger charge is 2.47. The lowest BCUT2D eigenvalue weighted by atomic mass is 9.80. The molecule has 6 heteroatoms. The summed E-state index contributed by atoms with van der Waals surface area (Å²) < 4.78 is 5.66. The van der Waals surface area contributed by atoms with Crippen LogP contribution in [0.3, 0.4) is 0 Å². The normalized spacial score (nSPS) is 27.7. The van der Waals surface area contributed by atoms with Crippen molar-refractivity contribution in [2.24, 2.45) is 0 Å². The van der Waals surface area contributed by atoms with Crippen molar-refractivity contribution in [3.63, 3.8) is 0 Å². The Kier molecular flexibility index (Phi) is 2.08. The van der Waals surface area contributed by atoms with Crippen LogP contribution in [0.5, 0.6) is 0 Å². The summed E-state index contributed by atoms with van der Waals surface area (Å²) in [5.41, 5.74) is 0.968. The summed E-state index contributed by atoms with van der Waals surface area (Å²) in [4.78, 5) is 11.0. The van der Waals surface area contributed by atoms with Gasteiger partial charge in [-0.3, -0.25) is 5.10 Å². The van der Waals surface area contributed by atoms with Crippen LogP contribution in [0, 0.1) is 0 Å². The van der Waals surface area contributed by atoms with Crippen molar-refractivity contribution in [1.29, 1.82) is 0 Å². The topological polar surface area (TPSA) is 66.9 Å². The number of ether oxygens (including phenoxy) is 1. The highest BCUT2D eigenvalue weighted by atomic mass is 16.5. The standard InChI is InChI=1S/C12H15N5O/c1-2-12(7-18-5-1)3-4-17(12)11-9-6-15-16-10(9)13-8-14-11/h6,8H,1-5,7H2,(H,13,14,15,16). The molecule has 0 amide bonds. The Labute approximate surface area is 104 Å². The zero-order valence-corrected chi connectivity index (χ0v) is 10.1. The van der Waals surface area contributed by atoms with E-state index in [9.17, 15) is 0 Å². The third-order valence-electron chi connectivity index (χ3n) is 4.16. The van der Waals surface area contributed by atoms with Crippen LogP contribution in [0.15, 0.2) is 12.5 Å². The Bertz CT molecular complexity index is 575. The maximum Gasteiger partial charge on any atom is 0.160 e. The summed E-state index contributed by atoms with van der Waals surface area (Å²) in [5, 5.41) is 7.95. The van der Waals surface area contributed by atoms with Crippen molar-refractivity contribution in [3.05, 3.63) is 12.5 Å². The Morgan fingerprint density at radius 3 is 3.11 bits per heavy atom. The summed E-state index contributed by atoms with van der Waals surface area (Å²) in [6, 6.07) is 0. The number of rotatable bonds is 1. The minimum Gasteiger partial charge on any atom is -0.379 e. The van der Waals surface area contributed by atoms with Crippen molar-refractivity contribution in [2.75, 3.05) is 24.7 Å². The quantitative estimate of drug-likeness (QED) is 0.815. The zero-order chi connectivity index (χ0) is 12.0. The molecule has 4 rings (SSSR count). The molecular formula is C12H15N5O. The van der Waals surface area contributed by atoms with E-state index in [1.807, 2.05) is 0 Å². The average Bonchev–Trinajstić information content (AvgIpc) is 2.88. The third-order valence-corrected chi connectivity index (χ3v) is 4.16. The molecule has 0 aliphatic carbocycles. The molecule has 1 N–H and O–H groups in total. The van der Waals surface area contributed by atoms with Gasteiger partial charge in [0.15, 0.2) is 5.65 Å². The predicted molar refractivity (Wildman–Crippen MR) is 66.4 cm³/mol. The Hall–Kier alpha value is -1.69. The van der Waals surface area contributed by atoms with Gasteiger partial charge in [0.25, 0.3) is 0 Å². The first-order valence-corrected chi connectivity index (χ1v) is 6.39. The second kappa shape index (κ2) is 3.65. The largest absolute Gasteiger partial charge is 0.379 e. The number of aromatic nitrogens is 4. The molecule has 1 spiro atoms. The number of nitrogens with one attached hydrogen (secondary N) is 1. The molecule has 2 aromatic rings. The highest BCUT2D eigenvalue weighted by Crippen LogP contribution is 2.42. The van der Waals surface area contributed by atoms with Crippen molar-refractivity contribution < 1.29 is 4.74 Å². The number of nitrogens with zero attached hydrogens (tertiary/aromatic N) is 4. The molecule has 18 heavy (non-hydrogen) atoms. The van der Waals surface area contributed by atoms with Crippen molar-refractivity contribution in [2.45, 2.75) is 24.8 Å². The van der Waals surface area contributed by atoms with Gasteiger partial charge in [0, 0.05) is 13.2 Å². The van der Waals surface area contributed by atoms with E-state index in [2.05, 4.69) is 25.1 Å². The van der Waals surface area contributed by atoms with Crippen molar-refractivity contribution >= 4 is 16.9 Å². The van der Waals surface area contributed by atoms with Gasteiger partial charge in [-0.05, 0) is 19.3 Å². The van der Waals surface area contributed by atoms with Crippen LogP contribution in [0.2, 0.25) is 0 Å². The number of fused-ring (bicyclic) bond motifs is 1. The third kappa shape index (κ3) is 1.29. The summed E-state index contributed by atoms with van der Waals surface area (Å²) in [6.07, 6.45) is 6.93. The van der Waals surface area contributed by atoms with Crippen LogP contribution in [0.25, 0.3) is 11.0 Å². The van der Waals surface area contributed by atoms with E-state index in [4.69, 9.17) is 4.74 Å². The Balaban J connectivity index is 1.76. The maximum absolute atomic E-state index is 5.66. The molecule has 0 aromatic carbocycles. The van der Waals surface area contributed by atoms with Gasteiger partial charge < -0.3 is 9.64 Å². The fourth-order valence-corrected chi connectivity index (χ4v) is 3.09. The fourth-order valence-electron chi connectivity index (χ4n) is 3.09. The molecule has 2 aliphatic heterocycles. The summed E-state index contributed by atoms with van der Waals surface area (Å²) in [6.45, 7) is 2.75. The molecule has 2 fully saturated rings. The van der Waals surface area contributed by atoms with E-state index < -0.39 is 0 Å². The first-order chi connectivity index (χ1) is 8.89. The molecular weight excluding hydrogens is 230 g/mol. The van der Waals surface area contributed by atoms with Crippen LogP contribution >= 0.6 is 0 Å². The fraction of sp³-hybridized carbons (Fsp3) is 0.583. The SMILES string of the molecule is c1nc(N2CCC23CCCOC3)c2cn[nH]c2n1. The van der Waals surface area contributed by atoms with E-state index in [1.54, 1.807) is 12.5 Å². The minimum atomic E-state index is 0.163. The molecule has 0 radical (unpaired) electrons. The molecule has 6 nitrogen and oxygen atoms in total. The van der Waals surface area contributed by atoms with Gasteiger partial charge in [-0.25, -0.2) is 9.97 Å². The molecule has 0 bridgehead atoms. The second-order valence-corrected chi connectivity index (χ2v) is 5.11. The number of hydrogen-bond acceptors (Lipinski definition) is 5. The van der Waals surface area contributed by atoms with Gasteiger partial charge in [-0.15, -0.1) is 0 Å². The molecule has 2 aromatic heterocycles. The number of H-pyrrole nitrogens is 1. The van der Waals surface area contributed by atoms with Crippen LogP contribution in [0.4, 0.5) is 5.82 Å². The van der Waals surface area contributed by atoms with Crippen molar-refractivity contribution in [1.82, 2.24) is 20.2 Å². The highest BCUT2D eigenvalue weighted by molar-refractivity contribution is 5.87. The molecule has 1 atom stereocenters. The van der Waals surface area contributed by atoms with E-state index >= 15 is 0 Å². The summed E-state index contributed by atoms with van der Waals surface area (Å²) in [7, 11) is 0. The lowest BCUT2D eigenvalue weighted by Crippen LogP contribution is -2.64. The van der Waals surface area contributed by atoms with E-state index in [0.717, 1.165) is 43.0 Å². The zero-order valence-electron chi connectivity index (χ0n) is 10.1. The average molecular weight is 245 g/mol. The molecule has 2 saturated heterocycles. The second-order valence-electron chi connectivity index (χ2n) is 5.11. The van der Waals surface area contributed by atoms with Crippen LogP contribution in [0.1, 0.15) is 19.3 Å². The van der Waals surface area contributed by atoms with Crippen LogP contribution < -0.4 is 4.90 Å². The molecule has 1 unspecified atom stereocenters. The molecule has 0 saturated carbocycles. The van der Waals surface area contributed by atoms with Crippen molar-refractivity contribution in [3.8, 4) is 0 Å². The van der Waals surface area contributed by atoms with E-state index in [0.29, 0.717) is 0 Å². The lowest BCUT2D eigenvalue weighted by Gasteiger charge is -2.55. The van der Waals surface area contributed by atoms with Gasteiger partial charge in [-0.1, -0.05) is 0 Å². The van der Waals surface area contributed by atoms with Gasteiger partial charge in [0.1, 0.15) is 12.1 Å². The predicted octanol–water partition coefficient (Wildman–Crippen LogP) is 1.11. The Morgan fingerprint density at radius 1 is 1.33 bits per heavy atom. The molecule has 4 heterocycles. The first-order valence-electron chi connectivity index (χ1n) is 6.39. The Morgan fingerprint density at radius 2 is 2.33 bits per heavy atom. The van der Waals surface area contributed by atoms with Gasteiger partial charge in [0.2, 0.25) is 0 Å². The van der Waals surface area contributed by atoms with Gasteiger partial charge in [0.05, 0.1) is 23.7 Å². The number of aromatic amines is 1. The first kappa shape index (κ1) is 10.3. The van der Waals surface area contributed by atoms with Crippen LogP contribution in [-0.2, 0) is 4.74 Å². The molecule has 94 valence electrons. The van der Waals surface area contributed by atoms with Gasteiger partial charge in [-0.2, -0.15) is 5.10 Å². The minimum absolute atomic E-state index is 0.163. The maximum atomic E-state index is 5.66. The van der Waals surface area contributed by atoms with E-state index in [-0.39, 0.29) is 5.54 Å². The summed E-state index contributed by atoms with van der Waals surface area (Å²) in [5.74, 6) is 0.991. The smallest absolute Gasteiger partial charge is 0.160 e. The number of anilines is 1. The molecule has 2 aliphatic rings. The number of hydrogen-bond donors (Lipinski definition) is 1. The lowest BCUT2D eigenvalue weighted by molar-refractivity contribution is 0.00942. The van der Waals surface area contributed by atoms with E-state index in [1.165, 1.54) is 12.8 Å².